The second-order valence-electron chi connectivity index (χ2n) is 8.53. The Morgan fingerprint density at radius 1 is 1.06 bits per heavy atom. The van der Waals surface area contributed by atoms with Crippen molar-refractivity contribution in [2.45, 2.75) is 33.2 Å². The lowest BCUT2D eigenvalue weighted by Gasteiger charge is -2.36. The van der Waals surface area contributed by atoms with Crippen molar-refractivity contribution in [3.05, 3.63) is 87.6 Å². The summed E-state index contributed by atoms with van der Waals surface area (Å²) >= 11 is 1.45. The van der Waals surface area contributed by atoms with Crippen molar-refractivity contribution < 1.29 is 19.1 Å². The highest BCUT2D eigenvalue weighted by Gasteiger charge is 2.41. The highest BCUT2D eigenvalue weighted by Crippen LogP contribution is 2.44. The molecule has 7 nitrogen and oxygen atoms in total. The molecule has 2 aliphatic heterocycles. The smallest absolute Gasteiger partial charge is 0.338 e. The molecule has 0 spiro atoms. The van der Waals surface area contributed by atoms with Gasteiger partial charge in [0.15, 0.2) is 5.17 Å². The van der Waals surface area contributed by atoms with Gasteiger partial charge in [0.05, 0.1) is 30.3 Å². The van der Waals surface area contributed by atoms with Gasteiger partial charge in [-0.05, 0) is 55.0 Å². The molecule has 0 bridgehead atoms. The molecule has 1 amide bonds. The number of hydrogen-bond donors (Lipinski definition) is 1. The van der Waals surface area contributed by atoms with Crippen LogP contribution in [0.4, 0.5) is 5.69 Å². The fraction of sp³-hybridized carbons (Fsp3) is 0.296. The van der Waals surface area contributed by atoms with Crippen LogP contribution in [0.3, 0.4) is 0 Å². The van der Waals surface area contributed by atoms with E-state index in [1.54, 1.807) is 7.11 Å². The van der Waals surface area contributed by atoms with E-state index in [2.05, 4.69) is 16.4 Å². The summed E-state index contributed by atoms with van der Waals surface area (Å²) in [5.74, 6) is -0.572. The fourth-order valence-corrected chi connectivity index (χ4v) is 5.26. The van der Waals surface area contributed by atoms with E-state index >= 15 is 0 Å². The minimum atomic E-state index is -0.450. The Labute approximate surface area is 209 Å². The third kappa shape index (κ3) is 5.66. The quantitative estimate of drug-likeness (QED) is 0.409. The van der Waals surface area contributed by atoms with E-state index < -0.39 is 12.0 Å². The van der Waals surface area contributed by atoms with Crippen molar-refractivity contribution >= 4 is 34.5 Å². The Bertz CT molecular complexity index is 1200. The summed E-state index contributed by atoms with van der Waals surface area (Å²) in [6.45, 7) is 6.29. The molecular formula is C27H29N3O4S. The molecule has 0 saturated carbocycles. The summed E-state index contributed by atoms with van der Waals surface area (Å²) in [7, 11) is 1.56. The summed E-state index contributed by atoms with van der Waals surface area (Å²) < 4.78 is 10.5. The Kier molecular flexibility index (Phi) is 7.73. The Balaban J connectivity index is 1.61. The van der Waals surface area contributed by atoms with Gasteiger partial charge in [-0.3, -0.25) is 4.79 Å². The van der Waals surface area contributed by atoms with Crippen molar-refractivity contribution in [3.63, 3.8) is 0 Å². The number of amides is 1. The monoisotopic (exact) mass is 491 g/mol. The first-order chi connectivity index (χ1) is 16.9. The van der Waals surface area contributed by atoms with Gasteiger partial charge in [0.1, 0.15) is 6.61 Å². The number of fused-ring (bicyclic) bond motifs is 1. The molecule has 0 radical (unpaired) electrons. The summed E-state index contributed by atoms with van der Waals surface area (Å²) in [5, 5.41) is 5.67. The number of nitrogens with zero attached hydrogens (tertiary/aromatic N) is 2. The van der Waals surface area contributed by atoms with Gasteiger partial charge >= 0.3 is 5.97 Å². The number of rotatable bonds is 8. The Hall–Kier alpha value is -3.36. The Morgan fingerprint density at radius 3 is 2.46 bits per heavy atom. The van der Waals surface area contributed by atoms with Gasteiger partial charge in [-0.25, -0.2) is 9.79 Å². The van der Waals surface area contributed by atoms with Crippen LogP contribution in [0.5, 0.6) is 0 Å². The SMILES string of the molecule is COCCOC(=O)C1=C(C)N=C2SC=C(CC(=O)Nc3cc(C)cc(C)c3)N2C1c1ccccc1. The summed E-state index contributed by atoms with van der Waals surface area (Å²) in [6, 6.07) is 15.3. The lowest BCUT2D eigenvalue weighted by molar-refractivity contribution is -0.141. The van der Waals surface area contributed by atoms with Crippen molar-refractivity contribution in [2.75, 3.05) is 25.6 Å². The van der Waals surface area contributed by atoms with E-state index in [0.29, 0.717) is 17.9 Å². The van der Waals surface area contributed by atoms with Crippen LogP contribution < -0.4 is 5.32 Å². The van der Waals surface area contributed by atoms with Crippen LogP contribution in [0, 0.1) is 13.8 Å². The third-order valence-corrected chi connectivity index (χ3v) is 6.59. The minimum Gasteiger partial charge on any atom is -0.460 e. The molecule has 2 aromatic rings. The molecule has 4 rings (SSSR count). The maximum atomic E-state index is 13.2. The second-order valence-corrected chi connectivity index (χ2v) is 9.37. The number of aliphatic imine (C=N–C) groups is 1. The molecule has 2 aliphatic rings. The average molecular weight is 492 g/mol. The van der Waals surface area contributed by atoms with Crippen molar-refractivity contribution in [2.24, 2.45) is 4.99 Å². The van der Waals surface area contributed by atoms with Crippen molar-refractivity contribution in [1.82, 2.24) is 4.90 Å². The largest absolute Gasteiger partial charge is 0.460 e. The van der Waals surface area contributed by atoms with E-state index in [9.17, 15) is 9.59 Å². The van der Waals surface area contributed by atoms with Crippen LogP contribution in [0.25, 0.3) is 0 Å². The topological polar surface area (TPSA) is 80.2 Å². The van der Waals surface area contributed by atoms with Gasteiger partial charge in [-0.2, -0.15) is 0 Å². The fourth-order valence-electron chi connectivity index (χ4n) is 4.29. The first-order valence-corrected chi connectivity index (χ1v) is 12.3. The zero-order valence-electron chi connectivity index (χ0n) is 20.3. The molecule has 1 unspecified atom stereocenters. The molecule has 0 aromatic heterocycles. The second kappa shape index (κ2) is 10.9. The number of methoxy groups -OCH3 is 1. The Morgan fingerprint density at radius 2 is 1.77 bits per heavy atom. The predicted molar refractivity (Wildman–Crippen MR) is 139 cm³/mol. The summed E-state index contributed by atoms with van der Waals surface area (Å²) in [6.07, 6.45) is 0.146. The number of ether oxygens (including phenoxy) is 2. The maximum absolute atomic E-state index is 13.2. The van der Waals surface area contributed by atoms with Gasteiger partial charge in [0, 0.05) is 18.5 Å². The molecule has 1 N–H and O–H groups in total. The van der Waals surface area contributed by atoms with Gasteiger partial charge in [-0.15, -0.1) is 0 Å². The van der Waals surface area contributed by atoms with Crippen LogP contribution in [-0.4, -0.2) is 42.3 Å². The number of esters is 1. The first kappa shape index (κ1) is 24.8. The maximum Gasteiger partial charge on any atom is 0.338 e. The molecule has 0 saturated heterocycles. The predicted octanol–water partition coefficient (Wildman–Crippen LogP) is 5.10. The molecule has 2 heterocycles. The molecule has 0 aliphatic carbocycles. The van der Waals surface area contributed by atoms with Crippen LogP contribution >= 0.6 is 11.8 Å². The van der Waals surface area contributed by atoms with E-state index in [1.807, 2.05) is 73.5 Å². The highest BCUT2D eigenvalue weighted by molar-refractivity contribution is 8.16. The van der Waals surface area contributed by atoms with Gasteiger partial charge in [-0.1, -0.05) is 48.2 Å². The lowest BCUT2D eigenvalue weighted by atomic mass is 9.94. The molecule has 1 atom stereocenters. The van der Waals surface area contributed by atoms with Crippen molar-refractivity contribution in [3.8, 4) is 0 Å². The van der Waals surface area contributed by atoms with Crippen LogP contribution in [0.15, 0.2) is 75.9 Å². The third-order valence-electron chi connectivity index (χ3n) is 5.70. The average Bonchev–Trinajstić information content (AvgIpc) is 3.19. The first-order valence-electron chi connectivity index (χ1n) is 11.4. The minimum absolute atomic E-state index is 0.134. The molecule has 2 aromatic carbocycles. The molecule has 182 valence electrons. The van der Waals surface area contributed by atoms with E-state index in [-0.39, 0.29) is 18.9 Å². The standard InChI is InChI=1S/C27H29N3O4S/c1-17-12-18(2)14-21(13-17)29-23(31)15-22-16-35-27-28-19(3)24(26(32)34-11-10-33-4)25(30(22)27)20-8-6-5-7-9-20/h5-9,12-14,16,25H,10-11,15H2,1-4H3,(H,29,31). The number of allylic oxidation sites excluding steroid dienone is 1. The number of nitrogens with one attached hydrogen (secondary N) is 1. The number of amidine groups is 1. The molecule has 0 fully saturated rings. The lowest BCUT2D eigenvalue weighted by Crippen LogP contribution is -2.37. The molecule has 8 heteroatoms. The number of carbonyl (C=O) groups excluding carboxylic acids is 2. The van der Waals surface area contributed by atoms with Gasteiger partial charge < -0.3 is 19.7 Å². The van der Waals surface area contributed by atoms with E-state index in [0.717, 1.165) is 33.2 Å². The number of thioether (sulfide) groups is 1. The zero-order chi connectivity index (χ0) is 24.9. The molecular weight excluding hydrogens is 462 g/mol. The number of aryl methyl sites for hydroxylation is 2. The number of hydrogen-bond acceptors (Lipinski definition) is 7. The van der Waals surface area contributed by atoms with E-state index in [1.165, 1.54) is 11.8 Å². The van der Waals surface area contributed by atoms with E-state index in [4.69, 9.17) is 9.47 Å². The number of carbonyl (C=O) groups is 2. The van der Waals surface area contributed by atoms with Crippen LogP contribution in [0.2, 0.25) is 0 Å². The van der Waals surface area contributed by atoms with Gasteiger partial charge in [0.2, 0.25) is 5.91 Å². The van der Waals surface area contributed by atoms with Crippen LogP contribution in [0.1, 0.15) is 36.1 Å². The number of benzene rings is 2. The van der Waals surface area contributed by atoms with Crippen LogP contribution in [-0.2, 0) is 19.1 Å². The summed E-state index contributed by atoms with van der Waals surface area (Å²) in [5.41, 5.74) is 5.70. The van der Waals surface area contributed by atoms with Gasteiger partial charge in [0.25, 0.3) is 0 Å². The summed E-state index contributed by atoms with van der Waals surface area (Å²) in [4.78, 5) is 32.8. The molecule has 35 heavy (non-hydrogen) atoms. The highest BCUT2D eigenvalue weighted by atomic mass is 32.2. The van der Waals surface area contributed by atoms with Crippen molar-refractivity contribution in [1.29, 1.82) is 0 Å². The number of anilines is 1. The normalized spacial score (nSPS) is 17.0. The zero-order valence-corrected chi connectivity index (χ0v) is 21.1.